The molecular weight excluding hydrogens is 264 g/mol. The van der Waals surface area contributed by atoms with Crippen LogP contribution in [0.1, 0.15) is 52.7 Å². The minimum Gasteiger partial charge on any atom is -0.0616 e. The van der Waals surface area contributed by atoms with Crippen LogP contribution in [0.2, 0.25) is 0 Å². The van der Waals surface area contributed by atoms with Crippen LogP contribution in [0.5, 0.6) is 0 Å². The second kappa shape index (κ2) is 4.04. The van der Waals surface area contributed by atoms with Gasteiger partial charge in [-0.3, -0.25) is 0 Å². The summed E-state index contributed by atoms with van der Waals surface area (Å²) in [6.45, 7) is 14.4. The Morgan fingerprint density at radius 2 is 1.09 bits per heavy atom. The van der Waals surface area contributed by atoms with Crippen LogP contribution in [0.15, 0.2) is 42.0 Å². The van der Waals surface area contributed by atoms with Crippen LogP contribution in [0.25, 0.3) is 16.3 Å². The van der Waals surface area contributed by atoms with Gasteiger partial charge in [0.05, 0.1) is 0 Å². The molecule has 4 rings (SSSR count). The smallest absolute Gasteiger partial charge is 0.00707 e. The van der Waals surface area contributed by atoms with Crippen molar-refractivity contribution in [1.82, 2.24) is 0 Å². The molecule has 2 aromatic carbocycles. The molecule has 22 heavy (non-hydrogen) atoms. The Labute approximate surface area is 134 Å². The largest absolute Gasteiger partial charge is 0.0616 e. The van der Waals surface area contributed by atoms with Gasteiger partial charge in [-0.15, -0.1) is 0 Å². The molecule has 2 atom stereocenters. The van der Waals surface area contributed by atoms with Crippen molar-refractivity contribution in [3.63, 3.8) is 0 Å². The van der Waals surface area contributed by atoms with E-state index in [2.05, 4.69) is 77.9 Å². The van der Waals surface area contributed by atoms with Crippen LogP contribution in [-0.4, -0.2) is 0 Å². The van der Waals surface area contributed by atoms with Crippen molar-refractivity contribution >= 4 is 16.3 Å². The van der Waals surface area contributed by atoms with Gasteiger partial charge < -0.3 is 0 Å². The minimum atomic E-state index is 0.361. The van der Waals surface area contributed by atoms with Crippen LogP contribution < -0.4 is 0 Å². The molecule has 0 N–H and O–H groups in total. The lowest BCUT2D eigenvalue weighted by atomic mass is 9.81. The maximum absolute atomic E-state index is 2.40. The SMILES string of the molecule is CC(C)(C)C1C(=C2c3cc4ccccc4cc32)C1C(C)(C)C. The Bertz CT molecular complexity index is 740. The highest BCUT2D eigenvalue weighted by molar-refractivity contribution is 6.08. The van der Waals surface area contributed by atoms with Crippen LogP contribution in [0.4, 0.5) is 0 Å². The molecule has 0 amide bonds. The molecule has 0 heteroatoms. The van der Waals surface area contributed by atoms with Gasteiger partial charge in [0.2, 0.25) is 0 Å². The molecule has 0 nitrogen and oxygen atoms in total. The first kappa shape index (κ1) is 14.1. The Balaban J connectivity index is 1.83. The van der Waals surface area contributed by atoms with Gasteiger partial charge in [-0.05, 0) is 62.3 Å². The summed E-state index contributed by atoms with van der Waals surface area (Å²) >= 11 is 0. The van der Waals surface area contributed by atoms with E-state index in [-0.39, 0.29) is 0 Å². The topological polar surface area (TPSA) is 0 Å². The Morgan fingerprint density at radius 1 is 0.682 bits per heavy atom. The predicted octanol–water partition coefficient (Wildman–Crippen LogP) is 6.29. The van der Waals surface area contributed by atoms with E-state index in [0.29, 0.717) is 10.8 Å². The molecule has 1 fully saturated rings. The van der Waals surface area contributed by atoms with Gasteiger partial charge in [-0.2, -0.15) is 0 Å². The van der Waals surface area contributed by atoms with Gasteiger partial charge in [0.15, 0.2) is 0 Å². The van der Waals surface area contributed by atoms with E-state index >= 15 is 0 Å². The summed E-state index contributed by atoms with van der Waals surface area (Å²) < 4.78 is 0. The number of rotatable bonds is 0. The summed E-state index contributed by atoms with van der Waals surface area (Å²) in [5.74, 6) is 1.47. The number of benzene rings is 2. The zero-order chi connectivity index (χ0) is 15.9. The van der Waals surface area contributed by atoms with Gasteiger partial charge in [0.25, 0.3) is 0 Å². The van der Waals surface area contributed by atoms with Crippen molar-refractivity contribution in [1.29, 1.82) is 0 Å². The standard InChI is InChI=1S/C22H26/c1-21(2,3)19-18(20(19)22(4,5)6)17-15-11-13-9-7-8-10-14(13)12-16(15)17/h7-12,19-20H,1-6H3. The first-order valence-electron chi connectivity index (χ1n) is 8.47. The van der Waals surface area contributed by atoms with E-state index in [1.165, 1.54) is 21.9 Å². The van der Waals surface area contributed by atoms with Crippen molar-refractivity contribution in [2.24, 2.45) is 22.7 Å². The molecule has 0 aromatic heterocycles. The lowest BCUT2D eigenvalue weighted by Gasteiger charge is -2.23. The monoisotopic (exact) mass is 290 g/mol. The van der Waals surface area contributed by atoms with E-state index in [0.717, 1.165) is 11.8 Å². The summed E-state index contributed by atoms with van der Waals surface area (Å²) in [5, 5.41) is 2.74. The van der Waals surface area contributed by atoms with Gasteiger partial charge in [0, 0.05) is 0 Å². The van der Waals surface area contributed by atoms with E-state index in [9.17, 15) is 0 Å². The fourth-order valence-corrected chi connectivity index (χ4v) is 4.42. The average molecular weight is 290 g/mol. The first-order valence-corrected chi connectivity index (χ1v) is 8.47. The zero-order valence-corrected chi connectivity index (χ0v) is 14.6. The maximum atomic E-state index is 2.40. The van der Waals surface area contributed by atoms with E-state index in [4.69, 9.17) is 0 Å². The Kier molecular flexibility index (Phi) is 2.58. The molecule has 2 unspecified atom stereocenters. The van der Waals surface area contributed by atoms with E-state index < -0.39 is 0 Å². The van der Waals surface area contributed by atoms with Crippen LogP contribution >= 0.6 is 0 Å². The van der Waals surface area contributed by atoms with Gasteiger partial charge >= 0.3 is 0 Å². The van der Waals surface area contributed by atoms with Crippen LogP contribution in [-0.2, 0) is 0 Å². The van der Waals surface area contributed by atoms with Gasteiger partial charge in [-0.1, -0.05) is 71.4 Å². The van der Waals surface area contributed by atoms with Crippen LogP contribution in [0, 0.1) is 22.7 Å². The number of allylic oxidation sites excluding steroid dienone is 1. The third kappa shape index (κ3) is 1.96. The van der Waals surface area contributed by atoms with Gasteiger partial charge in [-0.25, -0.2) is 0 Å². The lowest BCUT2D eigenvalue weighted by Crippen LogP contribution is -2.16. The summed E-state index contributed by atoms with van der Waals surface area (Å²) in [5.41, 5.74) is 7.06. The van der Waals surface area contributed by atoms with Crippen molar-refractivity contribution in [2.75, 3.05) is 0 Å². The third-order valence-electron chi connectivity index (χ3n) is 5.41. The molecule has 0 saturated heterocycles. The lowest BCUT2D eigenvalue weighted by molar-refractivity contribution is 0.254. The van der Waals surface area contributed by atoms with Crippen molar-refractivity contribution in [3.8, 4) is 0 Å². The highest BCUT2D eigenvalue weighted by atomic mass is 14.6. The normalized spacial score (nSPS) is 23.7. The molecule has 0 aliphatic heterocycles. The van der Waals surface area contributed by atoms with E-state index in [1.807, 2.05) is 0 Å². The molecular formula is C22H26. The first-order chi connectivity index (χ1) is 10.2. The summed E-state index contributed by atoms with van der Waals surface area (Å²) in [4.78, 5) is 0. The van der Waals surface area contributed by atoms with Crippen molar-refractivity contribution in [2.45, 2.75) is 41.5 Å². The zero-order valence-electron chi connectivity index (χ0n) is 14.6. The fraction of sp³-hybridized carbons (Fsp3) is 0.455. The second-order valence-electron chi connectivity index (χ2n) is 9.26. The molecule has 1 saturated carbocycles. The van der Waals surface area contributed by atoms with Gasteiger partial charge in [0.1, 0.15) is 0 Å². The summed E-state index contributed by atoms with van der Waals surface area (Å²) in [6, 6.07) is 13.5. The van der Waals surface area contributed by atoms with Crippen molar-refractivity contribution < 1.29 is 0 Å². The molecule has 2 aromatic rings. The fourth-order valence-electron chi connectivity index (χ4n) is 4.42. The molecule has 2 aliphatic rings. The van der Waals surface area contributed by atoms with Crippen LogP contribution in [0.3, 0.4) is 0 Å². The number of fused-ring (bicyclic) bond motifs is 2. The third-order valence-corrected chi connectivity index (χ3v) is 5.41. The minimum absolute atomic E-state index is 0.361. The molecule has 0 bridgehead atoms. The summed E-state index contributed by atoms with van der Waals surface area (Å²) in [6.07, 6.45) is 0. The second-order valence-corrected chi connectivity index (χ2v) is 9.26. The quantitative estimate of drug-likeness (QED) is 0.456. The molecule has 2 aliphatic carbocycles. The molecule has 0 heterocycles. The average Bonchev–Trinajstić information content (AvgIpc) is 3.25. The highest BCUT2D eigenvalue weighted by Crippen LogP contribution is 2.68. The molecule has 0 radical (unpaired) electrons. The highest BCUT2D eigenvalue weighted by Gasteiger charge is 2.58. The molecule has 114 valence electrons. The van der Waals surface area contributed by atoms with E-state index in [1.54, 1.807) is 11.1 Å². The van der Waals surface area contributed by atoms with Crippen molar-refractivity contribution in [3.05, 3.63) is 53.1 Å². The Morgan fingerprint density at radius 3 is 1.45 bits per heavy atom. The Hall–Kier alpha value is -1.56. The predicted molar refractivity (Wildman–Crippen MR) is 95.9 cm³/mol. The molecule has 0 spiro atoms. The number of hydrogen-bond donors (Lipinski definition) is 0. The number of hydrogen-bond acceptors (Lipinski definition) is 0. The summed E-state index contributed by atoms with van der Waals surface area (Å²) in [7, 11) is 0. The maximum Gasteiger partial charge on any atom is -0.00707 e.